The van der Waals surface area contributed by atoms with Gasteiger partial charge in [0.2, 0.25) is 5.91 Å². The van der Waals surface area contributed by atoms with Crippen LogP contribution in [0.3, 0.4) is 0 Å². The largest absolute Gasteiger partial charge is 0.352 e. The van der Waals surface area contributed by atoms with Crippen LogP contribution >= 0.6 is 0 Å². The molecule has 0 saturated heterocycles. The summed E-state index contributed by atoms with van der Waals surface area (Å²) in [5, 5.41) is 7.88. The number of urea groups is 1. The summed E-state index contributed by atoms with van der Waals surface area (Å²) in [6.07, 6.45) is 1.89. The maximum absolute atomic E-state index is 12.0. The third kappa shape index (κ3) is 4.98. The molecule has 2 aromatic rings. The Labute approximate surface area is 136 Å². The van der Waals surface area contributed by atoms with E-state index in [2.05, 4.69) is 28.8 Å². The van der Waals surface area contributed by atoms with Crippen LogP contribution < -0.4 is 16.4 Å². The van der Waals surface area contributed by atoms with E-state index in [1.54, 1.807) is 0 Å². The van der Waals surface area contributed by atoms with Crippen molar-refractivity contribution in [2.24, 2.45) is 5.73 Å². The molecule has 0 aliphatic heterocycles. The van der Waals surface area contributed by atoms with Crippen LogP contribution in [0.2, 0.25) is 0 Å². The van der Waals surface area contributed by atoms with Gasteiger partial charge >= 0.3 is 6.03 Å². The lowest BCUT2D eigenvalue weighted by molar-refractivity contribution is -0.121. The molecule has 0 heterocycles. The smallest absolute Gasteiger partial charge is 0.312 e. The summed E-state index contributed by atoms with van der Waals surface area (Å²) < 4.78 is 0. The first kappa shape index (κ1) is 16.8. The van der Waals surface area contributed by atoms with Crippen molar-refractivity contribution in [3.63, 3.8) is 0 Å². The van der Waals surface area contributed by atoms with E-state index in [0.717, 1.165) is 17.4 Å². The summed E-state index contributed by atoms with van der Waals surface area (Å²) in [4.78, 5) is 22.6. The molecule has 1 atom stereocenters. The van der Waals surface area contributed by atoms with Crippen LogP contribution in [-0.2, 0) is 4.79 Å². The zero-order valence-corrected chi connectivity index (χ0v) is 13.3. The Hall–Kier alpha value is -2.56. The van der Waals surface area contributed by atoms with E-state index >= 15 is 0 Å². The van der Waals surface area contributed by atoms with E-state index in [4.69, 9.17) is 5.73 Å². The van der Waals surface area contributed by atoms with Crippen molar-refractivity contribution in [1.29, 1.82) is 0 Å². The first-order valence-electron chi connectivity index (χ1n) is 7.88. The van der Waals surface area contributed by atoms with E-state index < -0.39 is 6.03 Å². The fourth-order valence-electron chi connectivity index (χ4n) is 2.64. The van der Waals surface area contributed by atoms with Crippen LogP contribution in [0.5, 0.6) is 0 Å². The van der Waals surface area contributed by atoms with Gasteiger partial charge in [0.15, 0.2) is 0 Å². The number of nitrogens with one attached hydrogen (secondary N) is 2. The van der Waals surface area contributed by atoms with Crippen molar-refractivity contribution in [3.05, 3.63) is 48.0 Å². The number of fused-ring (bicyclic) bond motifs is 1. The van der Waals surface area contributed by atoms with Crippen molar-refractivity contribution in [3.8, 4) is 0 Å². The van der Waals surface area contributed by atoms with Crippen molar-refractivity contribution in [1.82, 2.24) is 10.6 Å². The number of unbranched alkanes of at least 4 members (excludes halogenated alkanes) is 1. The molecule has 0 saturated carbocycles. The number of rotatable bonds is 7. The average molecular weight is 313 g/mol. The molecule has 122 valence electrons. The third-order valence-electron chi connectivity index (χ3n) is 3.80. The number of carbonyl (C=O) groups excluding carboxylic acids is 2. The van der Waals surface area contributed by atoms with Gasteiger partial charge in [0, 0.05) is 13.0 Å². The number of nitrogens with two attached hydrogens (primary N) is 1. The maximum Gasteiger partial charge on any atom is 0.312 e. The molecule has 5 nitrogen and oxygen atoms in total. The van der Waals surface area contributed by atoms with Gasteiger partial charge in [-0.15, -0.1) is 0 Å². The molecule has 0 aromatic heterocycles. The molecular formula is C18H23N3O2. The molecule has 2 rings (SSSR count). The van der Waals surface area contributed by atoms with Gasteiger partial charge < -0.3 is 16.4 Å². The van der Waals surface area contributed by atoms with Crippen LogP contribution in [0, 0.1) is 0 Å². The van der Waals surface area contributed by atoms with Crippen LogP contribution in [0.15, 0.2) is 42.5 Å². The van der Waals surface area contributed by atoms with Crippen molar-refractivity contribution >= 4 is 22.7 Å². The lowest BCUT2D eigenvalue weighted by atomic mass is 9.99. The molecule has 0 aliphatic rings. The highest BCUT2D eigenvalue weighted by atomic mass is 16.2. The second-order valence-corrected chi connectivity index (χ2v) is 5.61. The van der Waals surface area contributed by atoms with Gasteiger partial charge in [0.05, 0.1) is 6.04 Å². The SMILES string of the molecule is CC(NC(=O)CCCCNC(N)=O)c1cccc2ccccc12. The number of benzene rings is 2. The summed E-state index contributed by atoms with van der Waals surface area (Å²) in [6, 6.07) is 13.7. The first-order valence-corrected chi connectivity index (χ1v) is 7.88. The predicted molar refractivity (Wildman–Crippen MR) is 91.9 cm³/mol. The zero-order valence-electron chi connectivity index (χ0n) is 13.3. The molecule has 2 aromatic carbocycles. The van der Waals surface area contributed by atoms with Crippen LogP contribution in [-0.4, -0.2) is 18.5 Å². The van der Waals surface area contributed by atoms with E-state index in [0.29, 0.717) is 19.4 Å². The Kier molecular flexibility index (Phi) is 5.97. The van der Waals surface area contributed by atoms with Gasteiger partial charge in [-0.3, -0.25) is 4.79 Å². The number of carbonyl (C=O) groups is 2. The number of primary amides is 1. The summed E-state index contributed by atoms with van der Waals surface area (Å²) in [5.41, 5.74) is 6.10. The van der Waals surface area contributed by atoms with Crippen molar-refractivity contribution < 1.29 is 9.59 Å². The Morgan fingerprint density at radius 1 is 1.09 bits per heavy atom. The van der Waals surface area contributed by atoms with Gasteiger partial charge in [-0.05, 0) is 36.1 Å². The second kappa shape index (κ2) is 8.17. The monoisotopic (exact) mass is 313 g/mol. The highest BCUT2D eigenvalue weighted by Gasteiger charge is 2.11. The Balaban J connectivity index is 1.87. The molecular weight excluding hydrogens is 290 g/mol. The predicted octanol–water partition coefficient (Wildman–Crippen LogP) is 2.86. The summed E-state index contributed by atoms with van der Waals surface area (Å²) in [5.74, 6) is 0.0181. The number of hydrogen-bond donors (Lipinski definition) is 3. The number of amides is 3. The summed E-state index contributed by atoms with van der Waals surface area (Å²) >= 11 is 0. The quantitative estimate of drug-likeness (QED) is 0.687. The van der Waals surface area contributed by atoms with Gasteiger partial charge in [0.25, 0.3) is 0 Å². The Bertz CT molecular complexity index is 680. The van der Waals surface area contributed by atoms with E-state index in [-0.39, 0.29) is 11.9 Å². The summed E-state index contributed by atoms with van der Waals surface area (Å²) in [7, 11) is 0. The van der Waals surface area contributed by atoms with Gasteiger partial charge in [0.1, 0.15) is 0 Å². The topological polar surface area (TPSA) is 84.2 Å². The lowest BCUT2D eigenvalue weighted by Crippen LogP contribution is -2.30. The fourth-order valence-corrected chi connectivity index (χ4v) is 2.64. The standard InChI is InChI=1S/C18H23N3O2/c1-13(21-17(22)11-4-5-12-20-18(19)23)15-10-6-8-14-7-2-3-9-16(14)15/h2-3,6-10,13H,4-5,11-12H2,1H3,(H,21,22)(H3,19,20,23). The molecule has 4 N–H and O–H groups in total. The van der Waals surface area contributed by atoms with E-state index in [1.165, 1.54) is 5.39 Å². The molecule has 1 unspecified atom stereocenters. The molecule has 0 bridgehead atoms. The van der Waals surface area contributed by atoms with Crippen LogP contribution in [0.1, 0.15) is 37.8 Å². The average Bonchev–Trinajstić information content (AvgIpc) is 2.53. The molecule has 0 spiro atoms. The molecule has 0 radical (unpaired) electrons. The minimum atomic E-state index is -0.529. The number of hydrogen-bond acceptors (Lipinski definition) is 2. The highest BCUT2D eigenvalue weighted by Crippen LogP contribution is 2.24. The van der Waals surface area contributed by atoms with Gasteiger partial charge in [-0.25, -0.2) is 4.79 Å². The van der Waals surface area contributed by atoms with Crippen molar-refractivity contribution in [2.45, 2.75) is 32.2 Å². The Morgan fingerprint density at radius 3 is 2.61 bits per heavy atom. The minimum absolute atomic E-state index is 0.0181. The lowest BCUT2D eigenvalue weighted by Gasteiger charge is -2.16. The van der Waals surface area contributed by atoms with Gasteiger partial charge in [-0.1, -0.05) is 42.5 Å². The third-order valence-corrected chi connectivity index (χ3v) is 3.80. The molecule has 23 heavy (non-hydrogen) atoms. The van der Waals surface area contributed by atoms with E-state index in [9.17, 15) is 9.59 Å². The zero-order chi connectivity index (χ0) is 16.7. The van der Waals surface area contributed by atoms with Crippen molar-refractivity contribution in [2.75, 3.05) is 6.54 Å². The molecule has 0 fully saturated rings. The van der Waals surface area contributed by atoms with Crippen LogP contribution in [0.25, 0.3) is 10.8 Å². The minimum Gasteiger partial charge on any atom is -0.352 e. The summed E-state index contributed by atoms with van der Waals surface area (Å²) in [6.45, 7) is 2.50. The second-order valence-electron chi connectivity index (χ2n) is 5.61. The van der Waals surface area contributed by atoms with Gasteiger partial charge in [-0.2, -0.15) is 0 Å². The maximum atomic E-state index is 12.0. The molecule has 0 aliphatic carbocycles. The Morgan fingerprint density at radius 2 is 1.83 bits per heavy atom. The fraction of sp³-hybridized carbons (Fsp3) is 0.333. The van der Waals surface area contributed by atoms with E-state index in [1.807, 2.05) is 31.2 Å². The first-order chi connectivity index (χ1) is 11.1. The highest BCUT2D eigenvalue weighted by molar-refractivity contribution is 5.86. The molecule has 5 heteroatoms. The van der Waals surface area contributed by atoms with Crippen LogP contribution in [0.4, 0.5) is 4.79 Å². The normalized spacial score (nSPS) is 11.9. The molecule has 3 amide bonds.